The van der Waals surface area contributed by atoms with Crippen LogP contribution in [0.2, 0.25) is 0 Å². The quantitative estimate of drug-likeness (QED) is 0.700. The number of rotatable bonds is 2. The molecule has 16 heavy (non-hydrogen) atoms. The molecule has 4 nitrogen and oxygen atoms in total. The van der Waals surface area contributed by atoms with Crippen LogP contribution in [0.4, 0.5) is 0 Å². The van der Waals surface area contributed by atoms with Gasteiger partial charge in [-0.3, -0.25) is 0 Å². The van der Waals surface area contributed by atoms with E-state index >= 15 is 0 Å². The van der Waals surface area contributed by atoms with Crippen LogP contribution in [0.3, 0.4) is 0 Å². The van der Waals surface area contributed by atoms with Gasteiger partial charge in [-0.1, -0.05) is 0 Å². The number of aliphatic hydroxyl groups excluding tert-OH is 1. The zero-order chi connectivity index (χ0) is 11.7. The number of aliphatic hydroxyl groups is 1. The van der Waals surface area contributed by atoms with Crippen molar-refractivity contribution in [2.45, 2.75) is 13.0 Å². The molecule has 0 fully saturated rings. The normalized spacial score (nSPS) is 12.6. The largest absolute Gasteiger partial charge is 0.504 e. The van der Waals surface area contributed by atoms with E-state index in [2.05, 4.69) is 4.98 Å². The molecule has 0 aliphatic carbocycles. The Morgan fingerprint density at radius 3 is 2.56 bits per heavy atom. The summed E-state index contributed by atoms with van der Waals surface area (Å²) in [6.07, 6.45) is -0.601. The van der Waals surface area contributed by atoms with Gasteiger partial charge in [0.2, 0.25) is 0 Å². The molecule has 2 aromatic rings. The summed E-state index contributed by atoms with van der Waals surface area (Å²) in [7, 11) is 0. The molecule has 3 N–H and O–H groups in total. The molecule has 2 rings (SSSR count). The van der Waals surface area contributed by atoms with Gasteiger partial charge in [0, 0.05) is 10.9 Å². The topological polar surface area (TPSA) is 73.6 Å². The van der Waals surface area contributed by atoms with Gasteiger partial charge in [0.25, 0.3) is 0 Å². The van der Waals surface area contributed by atoms with Crippen molar-refractivity contribution >= 4 is 11.3 Å². The van der Waals surface area contributed by atoms with E-state index < -0.39 is 6.10 Å². The van der Waals surface area contributed by atoms with Crippen molar-refractivity contribution in [2.75, 3.05) is 0 Å². The van der Waals surface area contributed by atoms with E-state index in [1.807, 2.05) is 0 Å². The zero-order valence-electron chi connectivity index (χ0n) is 8.58. The van der Waals surface area contributed by atoms with Crippen molar-refractivity contribution in [1.29, 1.82) is 0 Å². The molecule has 1 aromatic heterocycles. The van der Waals surface area contributed by atoms with Gasteiger partial charge in [-0.2, -0.15) is 0 Å². The summed E-state index contributed by atoms with van der Waals surface area (Å²) in [5.74, 6) is -0.331. The number of phenolic OH excluding ortho intramolecular Hbond substituents is 2. The lowest BCUT2D eigenvalue weighted by Gasteiger charge is -2.00. The van der Waals surface area contributed by atoms with E-state index in [1.165, 1.54) is 23.5 Å². The van der Waals surface area contributed by atoms with Gasteiger partial charge >= 0.3 is 0 Å². The fourth-order valence-corrected chi connectivity index (χ4v) is 2.17. The number of hydrogen-bond acceptors (Lipinski definition) is 5. The minimum atomic E-state index is -0.601. The Bertz CT molecular complexity index is 508. The summed E-state index contributed by atoms with van der Waals surface area (Å²) < 4.78 is 0. The third-order valence-corrected chi connectivity index (χ3v) is 3.08. The van der Waals surface area contributed by atoms with Crippen molar-refractivity contribution in [3.8, 4) is 22.1 Å². The summed E-state index contributed by atoms with van der Waals surface area (Å²) in [6.45, 7) is 1.65. The highest BCUT2D eigenvalue weighted by molar-refractivity contribution is 7.13. The molecule has 0 bridgehead atoms. The highest BCUT2D eigenvalue weighted by Crippen LogP contribution is 2.32. The Hall–Kier alpha value is -1.59. The Labute approximate surface area is 96.5 Å². The Morgan fingerprint density at radius 2 is 2.00 bits per heavy atom. The van der Waals surface area contributed by atoms with E-state index in [0.29, 0.717) is 16.3 Å². The molecule has 84 valence electrons. The van der Waals surface area contributed by atoms with Crippen LogP contribution in [-0.2, 0) is 0 Å². The lowest BCUT2D eigenvalue weighted by molar-refractivity contribution is 0.195. The molecule has 0 saturated carbocycles. The van der Waals surface area contributed by atoms with Crippen LogP contribution in [0, 0.1) is 0 Å². The first-order valence-electron chi connectivity index (χ1n) is 4.74. The number of thiazole rings is 1. The molecule has 0 spiro atoms. The lowest BCUT2D eigenvalue weighted by atomic mass is 10.2. The van der Waals surface area contributed by atoms with Gasteiger partial charge in [0.05, 0.1) is 11.8 Å². The minimum absolute atomic E-state index is 0.156. The number of phenols is 2. The molecule has 1 aromatic carbocycles. The minimum Gasteiger partial charge on any atom is -0.504 e. The molecule has 0 saturated heterocycles. The number of hydrogen-bond donors (Lipinski definition) is 3. The SMILES string of the molecule is CC(O)c1csc(-c2ccc(O)c(O)c2)n1. The molecule has 1 atom stereocenters. The first-order chi connectivity index (χ1) is 7.58. The fourth-order valence-electron chi connectivity index (χ4n) is 1.27. The molecule has 5 heteroatoms. The maximum Gasteiger partial charge on any atom is 0.158 e. The smallest absolute Gasteiger partial charge is 0.158 e. The molecule has 0 amide bonds. The van der Waals surface area contributed by atoms with Gasteiger partial charge in [0.1, 0.15) is 5.01 Å². The van der Waals surface area contributed by atoms with Crippen molar-refractivity contribution in [2.24, 2.45) is 0 Å². The van der Waals surface area contributed by atoms with Crippen LogP contribution < -0.4 is 0 Å². The summed E-state index contributed by atoms with van der Waals surface area (Å²) in [4.78, 5) is 4.23. The average molecular weight is 237 g/mol. The molecule has 1 unspecified atom stereocenters. The van der Waals surface area contributed by atoms with Gasteiger partial charge < -0.3 is 15.3 Å². The molecular weight excluding hydrogens is 226 g/mol. The van der Waals surface area contributed by atoms with Gasteiger partial charge in [-0.25, -0.2) is 4.98 Å². The van der Waals surface area contributed by atoms with Crippen LogP contribution in [0.15, 0.2) is 23.6 Å². The first-order valence-corrected chi connectivity index (χ1v) is 5.61. The third-order valence-electron chi connectivity index (χ3n) is 2.17. The van der Waals surface area contributed by atoms with Crippen LogP contribution in [-0.4, -0.2) is 20.3 Å². The Kier molecular flexibility index (Phi) is 2.80. The maximum absolute atomic E-state index is 9.35. The van der Waals surface area contributed by atoms with Gasteiger partial charge in [-0.05, 0) is 25.1 Å². The lowest BCUT2D eigenvalue weighted by Crippen LogP contribution is -1.90. The zero-order valence-corrected chi connectivity index (χ0v) is 9.40. The number of benzene rings is 1. The molecule has 1 heterocycles. The van der Waals surface area contributed by atoms with Crippen LogP contribution in [0.1, 0.15) is 18.7 Å². The number of nitrogens with zero attached hydrogens (tertiary/aromatic N) is 1. The van der Waals surface area contributed by atoms with Gasteiger partial charge in [-0.15, -0.1) is 11.3 Å². The highest BCUT2D eigenvalue weighted by atomic mass is 32.1. The standard InChI is InChI=1S/C11H11NO3S/c1-6(13)8-5-16-11(12-8)7-2-3-9(14)10(15)4-7/h2-6,13-15H,1H3. The van der Waals surface area contributed by atoms with Crippen molar-refractivity contribution in [3.05, 3.63) is 29.3 Å². The highest BCUT2D eigenvalue weighted by Gasteiger charge is 2.10. The number of aromatic nitrogens is 1. The first kappa shape index (κ1) is 10.9. The number of aromatic hydroxyl groups is 2. The van der Waals surface area contributed by atoms with E-state index in [1.54, 1.807) is 18.4 Å². The summed E-state index contributed by atoms with van der Waals surface area (Å²) in [5.41, 5.74) is 1.32. The van der Waals surface area contributed by atoms with E-state index in [4.69, 9.17) is 0 Å². The molecular formula is C11H11NO3S. The van der Waals surface area contributed by atoms with Crippen LogP contribution in [0.25, 0.3) is 10.6 Å². The van der Waals surface area contributed by atoms with E-state index in [9.17, 15) is 15.3 Å². The molecule has 0 radical (unpaired) electrons. The third kappa shape index (κ3) is 2.00. The average Bonchev–Trinajstić information content (AvgIpc) is 2.71. The Morgan fingerprint density at radius 1 is 1.25 bits per heavy atom. The van der Waals surface area contributed by atoms with Crippen molar-refractivity contribution in [1.82, 2.24) is 4.98 Å². The van der Waals surface area contributed by atoms with Crippen molar-refractivity contribution < 1.29 is 15.3 Å². The predicted molar refractivity (Wildman–Crippen MR) is 61.5 cm³/mol. The fraction of sp³-hybridized carbons (Fsp3) is 0.182. The maximum atomic E-state index is 9.35. The predicted octanol–water partition coefficient (Wildman–Crippen LogP) is 2.27. The van der Waals surface area contributed by atoms with Crippen molar-refractivity contribution in [3.63, 3.8) is 0 Å². The monoisotopic (exact) mass is 237 g/mol. The Balaban J connectivity index is 2.39. The second-order valence-corrected chi connectivity index (χ2v) is 4.32. The van der Waals surface area contributed by atoms with Gasteiger partial charge in [0.15, 0.2) is 11.5 Å². The molecule has 0 aliphatic rings. The second-order valence-electron chi connectivity index (χ2n) is 3.46. The summed E-state index contributed by atoms with van der Waals surface area (Å²) in [6, 6.07) is 4.52. The second kappa shape index (κ2) is 4.11. The summed E-state index contributed by atoms with van der Waals surface area (Å²) in [5, 5.41) is 30.3. The van der Waals surface area contributed by atoms with Crippen LogP contribution >= 0.6 is 11.3 Å². The van der Waals surface area contributed by atoms with E-state index in [-0.39, 0.29) is 11.5 Å². The summed E-state index contributed by atoms with van der Waals surface area (Å²) >= 11 is 1.38. The van der Waals surface area contributed by atoms with E-state index in [0.717, 1.165) is 0 Å². The molecule has 0 aliphatic heterocycles. The van der Waals surface area contributed by atoms with Crippen LogP contribution in [0.5, 0.6) is 11.5 Å².